The van der Waals surface area contributed by atoms with Crippen LogP contribution in [0.15, 0.2) is 24.3 Å². The number of halogens is 1. The van der Waals surface area contributed by atoms with Gasteiger partial charge in [0.2, 0.25) is 5.91 Å². The number of nitrogens with two attached hydrogens (primary N) is 1. The molecule has 0 radical (unpaired) electrons. The molecule has 3 atom stereocenters. The highest BCUT2D eigenvalue weighted by Gasteiger charge is 2.38. The van der Waals surface area contributed by atoms with E-state index in [4.69, 9.17) is 10.5 Å². The molecule has 22 heavy (non-hydrogen) atoms. The van der Waals surface area contributed by atoms with Crippen molar-refractivity contribution in [3.05, 3.63) is 29.8 Å². The minimum atomic E-state index is -0.387. The van der Waals surface area contributed by atoms with Crippen molar-refractivity contribution in [2.24, 2.45) is 11.7 Å². The molecule has 1 aromatic rings. The van der Waals surface area contributed by atoms with Crippen molar-refractivity contribution in [2.75, 3.05) is 7.11 Å². The zero-order valence-corrected chi connectivity index (χ0v) is 14.4. The topological polar surface area (TPSA) is 64.3 Å². The zero-order chi connectivity index (χ0) is 15.5. The van der Waals surface area contributed by atoms with Crippen LogP contribution in [-0.4, -0.2) is 18.6 Å². The summed E-state index contributed by atoms with van der Waals surface area (Å²) in [4.78, 5) is 12.5. The average molecular weight is 327 g/mol. The second kappa shape index (κ2) is 7.84. The smallest absolute Gasteiger partial charge is 0.225 e. The van der Waals surface area contributed by atoms with E-state index in [9.17, 15) is 4.79 Å². The second-order valence-electron chi connectivity index (χ2n) is 6.31. The predicted molar refractivity (Wildman–Crippen MR) is 91.4 cm³/mol. The summed E-state index contributed by atoms with van der Waals surface area (Å²) in [5, 5.41) is 3.10. The van der Waals surface area contributed by atoms with Crippen LogP contribution in [-0.2, 0) is 4.79 Å². The molecule has 0 aliphatic heterocycles. The van der Waals surface area contributed by atoms with Crippen molar-refractivity contribution in [3.8, 4) is 5.75 Å². The number of benzene rings is 1. The van der Waals surface area contributed by atoms with Crippen LogP contribution in [0.25, 0.3) is 0 Å². The molecule has 0 saturated heterocycles. The average Bonchev–Trinajstić information content (AvgIpc) is 2.46. The van der Waals surface area contributed by atoms with Crippen molar-refractivity contribution < 1.29 is 9.53 Å². The van der Waals surface area contributed by atoms with Crippen LogP contribution in [0.1, 0.15) is 51.1 Å². The molecule has 0 spiro atoms. The summed E-state index contributed by atoms with van der Waals surface area (Å²) in [7, 11) is 1.64. The Kier molecular flexibility index (Phi) is 6.69. The second-order valence-corrected chi connectivity index (χ2v) is 6.31. The number of methoxy groups -OCH3 is 1. The number of hydrogen-bond donors (Lipinski definition) is 2. The minimum absolute atomic E-state index is 0. The normalized spacial score (nSPS) is 25.7. The zero-order valence-electron chi connectivity index (χ0n) is 13.6. The Morgan fingerprint density at radius 3 is 2.55 bits per heavy atom. The lowest BCUT2D eigenvalue weighted by Gasteiger charge is -2.37. The first-order valence-electron chi connectivity index (χ1n) is 7.67. The van der Waals surface area contributed by atoms with Crippen molar-refractivity contribution >= 4 is 18.3 Å². The van der Waals surface area contributed by atoms with E-state index in [0.29, 0.717) is 0 Å². The molecule has 5 heteroatoms. The summed E-state index contributed by atoms with van der Waals surface area (Å²) in [6.07, 6.45) is 4.00. The maximum absolute atomic E-state index is 12.5. The van der Waals surface area contributed by atoms with Gasteiger partial charge in [-0.1, -0.05) is 25.0 Å². The molecule has 1 aliphatic carbocycles. The maximum atomic E-state index is 12.5. The lowest BCUT2D eigenvalue weighted by Crippen LogP contribution is -2.53. The molecule has 4 nitrogen and oxygen atoms in total. The minimum Gasteiger partial charge on any atom is -0.497 e. The van der Waals surface area contributed by atoms with Gasteiger partial charge in [0.15, 0.2) is 0 Å². The first-order valence-corrected chi connectivity index (χ1v) is 7.67. The number of rotatable bonds is 4. The predicted octanol–water partition coefficient (Wildman–Crippen LogP) is 3.20. The van der Waals surface area contributed by atoms with Crippen molar-refractivity contribution in [1.29, 1.82) is 0 Å². The Labute approximate surface area is 139 Å². The summed E-state index contributed by atoms with van der Waals surface area (Å²) in [6.45, 7) is 3.99. The summed E-state index contributed by atoms with van der Waals surface area (Å²) >= 11 is 0. The molecule has 1 fully saturated rings. The third kappa shape index (κ3) is 4.37. The molecule has 1 aromatic carbocycles. The van der Waals surface area contributed by atoms with E-state index in [2.05, 4.69) is 5.32 Å². The lowest BCUT2D eigenvalue weighted by atomic mass is 9.74. The Hall–Kier alpha value is -1.26. The van der Waals surface area contributed by atoms with Gasteiger partial charge in [-0.25, -0.2) is 0 Å². The number of ether oxygens (including phenoxy) is 1. The third-order valence-electron chi connectivity index (χ3n) is 4.55. The molecule has 0 bridgehead atoms. The Morgan fingerprint density at radius 2 is 2.00 bits per heavy atom. The monoisotopic (exact) mass is 326 g/mol. The quantitative estimate of drug-likeness (QED) is 0.893. The van der Waals surface area contributed by atoms with Crippen molar-refractivity contribution in [2.45, 2.75) is 51.1 Å². The van der Waals surface area contributed by atoms with Crippen molar-refractivity contribution in [1.82, 2.24) is 5.32 Å². The van der Waals surface area contributed by atoms with Crippen LogP contribution in [0.5, 0.6) is 5.75 Å². The maximum Gasteiger partial charge on any atom is 0.225 e. The first kappa shape index (κ1) is 18.8. The number of nitrogens with one attached hydrogen (secondary N) is 1. The molecule has 1 aliphatic rings. The Bertz CT molecular complexity index is 488. The first-order chi connectivity index (χ1) is 9.94. The summed E-state index contributed by atoms with van der Waals surface area (Å²) in [5.41, 5.74) is 6.98. The van der Waals surface area contributed by atoms with Crippen LogP contribution in [0.3, 0.4) is 0 Å². The van der Waals surface area contributed by atoms with E-state index in [1.807, 2.05) is 38.1 Å². The van der Waals surface area contributed by atoms with Gasteiger partial charge in [0.1, 0.15) is 5.75 Å². The van der Waals surface area contributed by atoms with Gasteiger partial charge in [-0.05, 0) is 44.4 Å². The fourth-order valence-corrected chi connectivity index (χ4v) is 3.08. The van der Waals surface area contributed by atoms with E-state index in [-0.39, 0.29) is 35.8 Å². The number of carbonyl (C=O) groups excluding carboxylic acids is 1. The summed E-state index contributed by atoms with van der Waals surface area (Å²) < 4.78 is 5.15. The van der Waals surface area contributed by atoms with Gasteiger partial charge in [-0.15, -0.1) is 12.4 Å². The molecule has 1 saturated carbocycles. The summed E-state index contributed by atoms with van der Waals surface area (Å²) in [6, 6.07) is 7.75. The Balaban J connectivity index is 0.00000242. The highest BCUT2D eigenvalue weighted by Crippen LogP contribution is 2.32. The van der Waals surface area contributed by atoms with Gasteiger partial charge >= 0.3 is 0 Å². The molecular weight excluding hydrogens is 300 g/mol. The van der Waals surface area contributed by atoms with Gasteiger partial charge < -0.3 is 15.8 Å². The fraction of sp³-hybridized carbons (Fsp3) is 0.588. The van der Waals surface area contributed by atoms with E-state index >= 15 is 0 Å². The van der Waals surface area contributed by atoms with Crippen LogP contribution in [0, 0.1) is 5.92 Å². The number of hydrogen-bond acceptors (Lipinski definition) is 3. The van der Waals surface area contributed by atoms with E-state index in [1.54, 1.807) is 7.11 Å². The fourth-order valence-electron chi connectivity index (χ4n) is 3.08. The largest absolute Gasteiger partial charge is 0.497 e. The van der Waals surface area contributed by atoms with Crippen molar-refractivity contribution in [3.63, 3.8) is 0 Å². The summed E-state index contributed by atoms with van der Waals surface area (Å²) in [5.74, 6) is 0.800. The molecule has 3 unspecified atom stereocenters. The van der Waals surface area contributed by atoms with Gasteiger partial charge in [-0.2, -0.15) is 0 Å². The van der Waals surface area contributed by atoms with Crippen LogP contribution >= 0.6 is 12.4 Å². The van der Waals surface area contributed by atoms with Crippen LogP contribution in [0.2, 0.25) is 0 Å². The van der Waals surface area contributed by atoms with Crippen LogP contribution < -0.4 is 15.8 Å². The van der Waals surface area contributed by atoms with Gasteiger partial charge in [0, 0.05) is 5.54 Å². The van der Waals surface area contributed by atoms with Gasteiger partial charge in [0.25, 0.3) is 0 Å². The SMILES string of the molecule is COc1ccc(C(C)NC(=O)C2CCCCC2(C)N)cc1.Cl. The molecule has 2 rings (SSSR count). The highest BCUT2D eigenvalue weighted by molar-refractivity contribution is 5.85. The van der Waals surface area contributed by atoms with E-state index < -0.39 is 0 Å². The molecular formula is C17H27ClN2O2. The van der Waals surface area contributed by atoms with E-state index in [0.717, 1.165) is 37.0 Å². The number of carbonyl (C=O) groups is 1. The molecule has 124 valence electrons. The van der Waals surface area contributed by atoms with Gasteiger partial charge in [-0.3, -0.25) is 4.79 Å². The lowest BCUT2D eigenvalue weighted by molar-refractivity contribution is -0.128. The molecule has 3 N–H and O–H groups in total. The van der Waals surface area contributed by atoms with E-state index in [1.165, 1.54) is 0 Å². The molecule has 0 aromatic heterocycles. The number of amides is 1. The van der Waals surface area contributed by atoms with Gasteiger partial charge in [0.05, 0.1) is 19.1 Å². The standard InChI is InChI=1S/C17H26N2O2.ClH/c1-12(13-7-9-14(21-3)10-8-13)19-16(20)15-6-4-5-11-17(15,2)18;/h7-10,12,15H,4-6,11,18H2,1-3H3,(H,19,20);1H. The van der Waals surface area contributed by atoms with Crippen LogP contribution in [0.4, 0.5) is 0 Å². The Morgan fingerprint density at radius 1 is 1.36 bits per heavy atom. The molecule has 0 heterocycles. The molecule has 1 amide bonds. The third-order valence-corrected chi connectivity index (χ3v) is 4.55. The highest BCUT2D eigenvalue weighted by atomic mass is 35.5.